The second-order valence-electron chi connectivity index (χ2n) is 7.02. The fourth-order valence-electron chi connectivity index (χ4n) is 3.50. The van der Waals surface area contributed by atoms with Gasteiger partial charge in [-0.3, -0.25) is 4.79 Å². The van der Waals surface area contributed by atoms with E-state index in [1.54, 1.807) is 6.07 Å². The molecule has 2 aromatic rings. The van der Waals surface area contributed by atoms with Crippen molar-refractivity contribution < 1.29 is 23.5 Å². The van der Waals surface area contributed by atoms with Gasteiger partial charge in [0.25, 0.3) is 0 Å². The monoisotopic (exact) mass is 417 g/mol. The number of carbonyl (C=O) groups is 3. The smallest absolute Gasteiger partial charge is 0.416 e. The molecule has 5 nitrogen and oxygen atoms in total. The quantitative estimate of drug-likeness (QED) is 0.603. The molecule has 2 amide bonds. The highest BCUT2D eigenvalue weighted by atomic mass is 35.5. The van der Waals surface area contributed by atoms with Crippen molar-refractivity contribution in [3.63, 3.8) is 0 Å². The van der Waals surface area contributed by atoms with Crippen molar-refractivity contribution in [1.82, 2.24) is 4.90 Å². The van der Waals surface area contributed by atoms with Gasteiger partial charge in [0.2, 0.25) is 5.91 Å². The van der Waals surface area contributed by atoms with Crippen molar-refractivity contribution in [1.29, 1.82) is 0 Å². The maximum absolute atomic E-state index is 13.8. The minimum atomic E-state index is -0.686. The van der Waals surface area contributed by atoms with Crippen LogP contribution in [0.15, 0.2) is 48.5 Å². The first-order valence-electron chi connectivity index (χ1n) is 9.41. The normalized spacial score (nSPS) is 17.1. The molecule has 0 radical (unpaired) electrons. The van der Waals surface area contributed by atoms with E-state index in [9.17, 15) is 18.8 Å². The van der Waals surface area contributed by atoms with Crippen molar-refractivity contribution in [2.24, 2.45) is 5.92 Å². The Morgan fingerprint density at radius 3 is 2.69 bits per heavy atom. The predicted octanol–water partition coefficient (Wildman–Crippen LogP) is 4.21. The van der Waals surface area contributed by atoms with Crippen LogP contribution in [-0.2, 0) is 27.2 Å². The summed E-state index contributed by atoms with van der Waals surface area (Å²) in [5.41, 5.74) is 1.56. The SMILES string of the molecule is O=CCC[C@H](Cc1ccc(Cl)c(F)c1)C(=O)N1C(=O)OC[C@H]1Cc1ccccc1. The Morgan fingerprint density at radius 1 is 1.24 bits per heavy atom. The number of hydrogen-bond donors (Lipinski definition) is 0. The van der Waals surface area contributed by atoms with Crippen molar-refractivity contribution in [2.75, 3.05) is 6.61 Å². The molecule has 0 spiro atoms. The summed E-state index contributed by atoms with van der Waals surface area (Å²) in [5.74, 6) is -1.64. The third-order valence-corrected chi connectivity index (χ3v) is 5.27. The molecule has 0 saturated carbocycles. The van der Waals surface area contributed by atoms with Crippen LogP contribution < -0.4 is 0 Å². The van der Waals surface area contributed by atoms with Gasteiger partial charge < -0.3 is 9.53 Å². The minimum absolute atomic E-state index is 0.00411. The zero-order chi connectivity index (χ0) is 20.8. The Labute approximate surface area is 173 Å². The molecule has 3 rings (SSSR count). The number of benzene rings is 2. The van der Waals surface area contributed by atoms with E-state index in [1.165, 1.54) is 12.1 Å². The molecule has 2 atom stereocenters. The van der Waals surface area contributed by atoms with Gasteiger partial charge >= 0.3 is 6.09 Å². The van der Waals surface area contributed by atoms with Crippen LogP contribution in [0.25, 0.3) is 0 Å². The first-order valence-corrected chi connectivity index (χ1v) is 9.78. The Hall–Kier alpha value is -2.73. The number of hydrogen-bond acceptors (Lipinski definition) is 4. The van der Waals surface area contributed by atoms with E-state index in [0.717, 1.165) is 16.7 Å². The second kappa shape index (κ2) is 9.65. The molecule has 0 N–H and O–H groups in total. The largest absolute Gasteiger partial charge is 0.447 e. The third-order valence-electron chi connectivity index (χ3n) is 4.96. The number of cyclic esters (lactones) is 1. The molecule has 29 heavy (non-hydrogen) atoms. The minimum Gasteiger partial charge on any atom is -0.447 e. The van der Waals surface area contributed by atoms with Crippen LogP contribution in [0.5, 0.6) is 0 Å². The Balaban J connectivity index is 1.79. The first-order chi connectivity index (χ1) is 14.0. The zero-order valence-electron chi connectivity index (χ0n) is 15.7. The third kappa shape index (κ3) is 5.21. The van der Waals surface area contributed by atoms with Gasteiger partial charge in [-0.25, -0.2) is 14.1 Å². The first kappa shape index (κ1) is 21.0. The summed E-state index contributed by atoms with van der Waals surface area (Å²) in [6, 6.07) is 13.4. The number of halogens is 2. The molecule has 1 fully saturated rings. The predicted molar refractivity (Wildman–Crippen MR) is 106 cm³/mol. The van der Waals surface area contributed by atoms with Crippen LogP contribution in [0.4, 0.5) is 9.18 Å². The van der Waals surface area contributed by atoms with Crippen molar-refractivity contribution in [3.8, 4) is 0 Å². The molecular formula is C22H21ClFNO4. The molecule has 152 valence electrons. The van der Waals surface area contributed by atoms with E-state index in [4.69, 9.17) is 16.3 Å². The summed E-state index contributed by atoms with van der Waals surface area (Å²) >= 11 is 5.72. The van der Waals surface area contributed by atoms with Gasteiger partial charge in [-0.05, 0) is 42.5 Å². The van der Waals surface area contributed by atoms with Gasteiger partial charge in [-0.1, -0.05) is 48.0 Å². The second-order valence-corrected chi connectivity index (χ2v) is 7.43. The zero-order valence-corrected chi connectivity index (χ0v) is 16.5. The number of rotatable bonds is 8. The lowest BCUT2D eigenvalue weighted by atomic mass is 9.92. The molecule has 1 aliphatic heterocycles. The van der Waals surface area contributed by atoms with Gasteiger partial charge in [-0.15, -0.1) is 0 Å². The average molecular weight is 418 g/mol. The highest BCUT2D eigenvalue weighted by molar-refractivity contribution is 6.30. The van der Waals surface area contributed by atoms with E-state index in [0.29, 0.717) is 12.0 Å². The molecule has 0 aliphatic carbocycles. The average Bonchev–Trinajstić information content (AvgIpc) is 3.08. The molecule has 0 unspecified atom stereocenters. The molecule has 0 aromatic heterocycles. The van der Waals surface area contributed by atoms with E-state index < -0.39 is 29.8 Å². The number of aldehydes is 1. The number of nitrogens with zero attached hydrogens (tertiary/aromatic N) is 1. The molecule has 0 bridgehead atoms. The maximum Gasteiger partial charge on any atom is 0.416 e. The summed E-state index contributed by atoms with van der Waals surface area (Å²) in [7, 11) is 0. The molecule has 7 heteroatoms. The van der Waals surface area contributed by atoms with Gasteiger partial charge in [0.05, 0.1) is 11.1 Å². The van der Waals surface area contributed by atoms with Crippen molar-refractivity contribution in [3.05, 3.63) is 70.5 Å². The Kier molecular flexibility index (Phi) is 6.99. The number of carbonyl (C=O) groups excluding carboxylic acids is 3. The van der Waals surface area contributed by atoms with E-state index in [-0.39, 0.29) is 30.9 Å². The summed E-state index contributed by atoms with van der Waals surface area (Å²) in [6.07, 6.45) is 1.14. The summed E-state index contributed by atoms with van der Waals surface area (Å²) in [6.45, 7) is 0.120. The summed E-state index contributed by atoms with van der Waals surface area (Å²) in [4.78, 5) is 37.5. The van der Waals surface area contributed by atoms with Gasteiger partial charge in [0.1, 0.15) is 18.7 Å². The molecule has 1 saturated heterocycles. The summed E-state index contributed by atoms with van der Waals surface area (Å²) < 4.78 is 18.9. The van der Waals surface area contributed by atoms with Crippen molar-refractivity contribution in [2.45, 2.75) is 31.7 Å². The van der Waals surface area contributed by atoms with Crippen molar-refractivity contribution >= 4 is 29.9 Å². The molecule has 1 heterocycles. The Bertz CT molecular complexity index is 890. The highest BCUT2D eigenvalue weighted by Gasteiger charge is 2.40. The molecule has 2 aromatic carbocycles. The fourth-order valence-corrected chi connectivity index (χ4v) is 3.61. The van der Waals surface area contributed by atoms with Crippen LogP contribution in [0, 0.1) is 11.7 Å². The lowest BCUT2D eigenvalue weighted by Crippen LogP contribution is -2.44. The lowest BCUT2D eigenvalue weighted by molar-refractivity contribution is -0.133. The van der Waals surface area contributed by atoms with E-state index in [2.05, 4.69) is 0 Å². The van der Waals surface area contributed by atoms with E-state index in [1.807, 2.05) is 30.3 Å². The lowest BCUT2D eigenvalue weighted by Gasteiger charge is -2.25. The van der Waals surface area contributed by atoms with Crippen LogP contribution in [-0.4, -0.2) is 35.8 Å². The van der Waals surface area contributed by atoms with E-state index >= 15 is 0 Å². The van der Waals surface area contributed by atoms with Crippen LogP contribution in [0.1, 0.15) is 24.0 Å². The fraction of sp³-hybridized carbons (Fsp3) is 0.318. The maximum atomic E-state index is 13.8. The number of amides is 2. The van der Waals surface area contributed by atoms with Crippen LogP contribution in [0.3, 0.4) is 0 Å². The highest BCUT2D eigenvalue weighted by Crippen LogP contribution is 2.25. The number of imide groups is 1. The van der Waals surface area contributed by atoms with Gasteiger partial charge in [-0.2, -0.15) is 0 Å². The van der Waals surface area contributed by atoms with Gasteiger partial charge in [0.15, 0.2) is 0 Å². The Morgan fingerprint density at radius 2 is 2.00 bits per heavy atom. The molecular weight excluding hydrogens is 397 g/mol. The van der Waals surface area contributed by atoms with Crippen LogP contribution in [0.2, 0.25) is 5.02 Å². The summed E-state index contributed by atoms with van der Waals surface area (Å²) in [5, 5.41) is -0.00411. The standard InChI is InChI=1S/C22H21ClFNO4/c23-19-9-8-16(13-20(19)24)11-17(7-4-10-26)21(27)25-18(14-29-22(25)28)12-15-5-2-1-3-6-15/h1-3,5-6,8-10,13,17-18H,4,7,11-12,14H2/t17-,18-/m1/s1. The molecule has 1 aliphatic rings. The van der Waals surface area contributed by atoms with Gasteiger partial charge in [0, 0.05) is 12.3 Å². The topological polar surface area (TPSA) is 63.7 Å². The number of ether oxygens (including phenoxy) is 1. The van der Waals surface area contributed by atoms with Crippen LogP contribution >= 0.6 is 11.6 Å².